The summed E-state index contributed by atoms with van der Waals surface area (Å²) in [5.41, 5.74) is 2.96. The molecule has 11 heteroatoms. The molecule has 2 aliphatic heterocycles. The molecule has 1 saturated carbocycles. The maximum atomic E-state index is 12.7. The second-order valence-corrected chi connectivity index (χ2v) is 10.6. The van der Waals surface area contributed by atoms with Crippen molar-refractivity contribution >= 4 is 22.5 Å². The van der Waals surface area contributed by atoms with Crippen molar-refractivity contribution in [3.05, 3.63) is 36.3 Å². The summed E-state index contributed by atoms with van der Waals surface area (Å²) in [5.74, 6) is 2.80. The first-order valence-electron chi connectivity index (χ1n) is 13.6. The lowest BCUT2D eigenvalue weighted by molar-refractivity contribution is -0.147. The summed E-state index contributed by atoms with van der Waals surface area (Å²) in [4.78, 5) is 22.9. The highest BCUT2D eigenvalue weighted by Gasteiger charge is 2.32. The van der Waals surface area contributed by atoms with Gasteiger partial charge >= 0.3 is 6.18 Å². The van der Waals surface area contributed by atoms with Crippen LogP contribution in [0.15, 0.2) is 30.7 Å². The minimum Gasteiger partial charge on any atom is -0.367 e. The van der Waals surface area contributed by atoms with E-state index in [0.717, 1.165) is 48.5 Å². The third kappa shape index (κ3) is 5.54. The van der Waals surface area contributed by atoms with Gasteiger partial charge < -0.3 is 15.5 Å². The van der Waals surface area contributed by atoms with Crippen LogP contribution in [0.4, 0.5) is 24.8 Å². The van der Waals surface area contributed by atoms with E-state index < -0.39 is 12.7 Å². The van der Waals surface area contributed by atoms with Gasteiger partial charge in [0.2, 0.25) is 0 Å². The van der Waals surface area contributed by atoms with E-state index in [4.69, 9.17) is 9.97 Å². The lowest BCUT2D eigenvalue weighted by Crippen LogP contribution is -2.44. The van der Waals surface area contributed by atoms with E-state index in [1.54, 1.807) is 6.20 Å². The van der Waals surface area contributed by atoms with Crippen molar-refractivity contribution in [1.82, 2.24) is 30.2 Å². The largest absolute Gasteiger partial charge is 0.401 e. The summed E-state index contributed by atoms with van der Waals surface area (Å²) < 4.78 is 38.2. The van der Waals surface area contributed by atoms with Gasteiger partial charge in [-0.2, -0.15) is 13.2 Å². The zero-order chi connectivity index (χ0) is 26.1. The Kier molecular flexibility index (Phi) is 7.05. The number of aromatic nitrogens is 4. The number of piperazine rings is 1. The first-order valence-corrected chi connectivity index (χ1v) is 13.6. The molecule has 6 rings (SSSR count). The van der Waals surface area contributed by atoms with Crippen LogP contribution in [0, 0.1) is 0 Å². The van der Waals surface area contributed by atoms with E-state index in [-0.39, 0.29) is 6.04 Å². The van der Waals surface area contributed by atoms with Crippen molar-refractivity contribution in [3.8, 4) is 11.4 Å². The predicted octanol–water partition coefficient (Wildman–Crippen LogP) is 4.20. The van der Waals surface area contributed by atoms with Crippen molar-refractivity contribution in [1.29, 1.82) is 0 Å². The van der Waals surface area contributed by atoms with Crippen molar-refractivity contribution in [2.24, 2.45) is 0 Å². The van der Waals surface area contributed by atoms with Crippen LogP contribution < -0.4 is 15.5 Å². The van der Waals surface area contributed by atoms with Crippen LogP contribution in [0.3, 0.4) is 0 Å². The molecule has 5 heterocycles. The average molecular weight is 527 g/mol. The van der Waals surface area contributed by atoms with Gasteiger partial charge in [0, 0.05) is 68.7 Å². The topological polar surface area (TPSA) is 82.1 Å². The molecule has 3 aromatic heterocycles. The quantitative estimate of drug-likeness (QED) is 0.495. The van der Waals surface area contributed by atoms with Gasteiger partial charge in [-0.05, 0) is 49.3 Å². The number of piperidine rings is 1. The summed E-state index contributed by atoms with van der Waals surface area (Å²) in [6.45, 7) is 3.57. The number of halogens is 3. The van der Waals surface area contributed by atoms with Crippen LogP contribution in [-0.2, 0) is 0 Å². The molecule has 3 aliphatic rings. The average Bonchev–Trinajstić information content (AvgIpc) is 2.88. The summed E-state index contributed by atoms with van der Waals surface area (Å²) in [6.07, 6.45) is 6.28. The second kappa shape index (κ2) is 10.6. The second-order valence-electron chi connectivity index (χ2n) is 10.6. The van der Waals surface area contributed by atoms with Crippen LogP contribution in [0.1, 0.15) is 43.6 Å². The number of anilines is 2. The fourth-order valence-electron chi connectivity index (χ4n) is 5.70. The third-order valence-corrected chi connectivity index (χ3v) is 7.94. The number of hydrogen-bond acceptors (Lipinski definition) is 8. The Hall–Kier alpha value is -3.05. The summed E-state index contributed by atoms with van der Waals surface area (Å²) >= 11 is 0. The molecule has 38 heavy (non-hydrogen) atoms. The van der Waals surface area contributed by atoms with Crippen molar-refractivity contribution in [2.75, 3.05) is 56.0 Å². The zero-order valence-corrected chi connectivity index (χ0v) is 21.3. The molecule has 0 spiro atoms. The summed E-state index contributed by atoms with van der Waals surface area (Å²) in [5, 5.41) is 7.97. The van der Waals surface area contributed by atoms with E-state index in [9.17, 15) is 13.2 Å². The van der Waals surface area contributed by atoms with Gasteiger partial charge in [-0.15, -0.1) is 0 Å². The van der Waals surface area contributed by atoms with E-state index in [0.29, 0.717) is 43.5 Å². The predicted molar refractivity (Wildman–Crippen MR) is 141 cm³/mol. The molecule has 3 fully saturated rings. The molecular weight excluding hydrogens is 493 g/mol. The molecule has 1 aliphatic carbocycles. The lowest BCUT2D eigenvalue weighted by atomic mass is 9.79. The van der Waals surface area contributed by atoms with Crippen LogP contribution >= 0.6 is 0 Å². The standard InChI is InChI=1S/C27H33F3N8/c28-27(29,30)17-37-10-5-20(6-11-37)34-23-14-19(4-7-33-23)25-35-22-16-32-15-21(18-2-1-3-18)24(22)26(36-25)38-12-8-31-9-13-38/h4,7,14-16,18,20,31H,1-3,5-6,8-13,17H2,(H,33,34). The number of alkyl halides is 3. The van der Waals surface area contributed by atoms with Gasteiger partial charge in [-0.25, -0.2) is 15.0 Å². The lowest BCUT2D eigenvalue weighted by Gasteiger charge is -2.33. The van der Waals surface area contributed by atoms with Gasteiger partial charge in [0.25, 0.3) is 0 Å². The molecule has 0 unspecified atom stereocenters. The Bertz CT molecular complexity index is 1260. The maximum absolute atomic E-state index is 12.7. The molecule has 3 aromatic rings. The zero-order valence-electron chi connectivity index (χ0n) is 21.3. The molecule has 0 radical (unpaired) electrons. The molecule has 2 N–H and O–H groups in total. The molecule has 8 nitrogen and oxygen atoms in total. The number of likely N-dealkylation sites (tertiary alicyclic amines) is 1. The fourth-order valence-corrected chi connectivity index (χ4v) is 5.70. The molecule has 2 saturated heterocycles. The number of nitrogens with one attached hydrogen (secondary N) is 2. The minimum atomic E-state index is -4.16. The normalized spacial score (nSPS) is 20.0. The van der Waals surface area contributed by atoms with Gasteiger partial charge in [0.15, 0.2) is 5.82 Å². The first-order chi connectivity index (χ1) is 18.4. The molecule has 0 aromatic carbocycles. The maximum Gasteiger partial charge on any atom is 0.401 e. The first kappa shape index (κ1) is 25.2. The van der Waals surface area contributed by atoms with E-state index in [1.807, 2.05) is 24.5 Å². The van der Waals surface area contributed by atoms with Gasteiger partial charge in [0.1, 0.15) is 11.6 Å². The van der Waals surface area contributed by atoms with Crippen molar-refractivity contribution in [2.45, 2.75) is 50.2 Å². The van der Waals surface area contributed by atoms with Crippen LogP contribution in [0.5, 0.6) is 0 Å². The fraction of sp³-hybridized carbons (Fsp3) is 0.556. The highest BCUT2D eigenvalue weighted by Crippen LogP contribution is 2.42. The van der Waals surface area contributed by atoms with Crippen molar-refractivity contribution < 1.29 is 13.2 Å². The number of fused-ring (bicyclic) bond motifs is 1. The Morgan fingerprint density at radius 1 is 1.00 bits per heavy atom. The van der Waals surface area contributed by atoms with Gasteiger partial charge in [-0.1, -0.05) is 6.42 Å². The van der Waals surface area contributed by atoms with Crippen LogP contribution in [-0.4, -0.2) is 82.9 Å². The number of pyridine rings is 2. The SMILES string of the molecule is FC(F)(F)CN1CCC(Nc2cc(-c3nc(N4CCNCC4)c4c(C5CCC5)cncc4n3)ccn2)CC1. The Morgan fingerprint density at radius 2 is 1.79 bits per heavy atom. The van der Waals surface area contributed by atoms with Crippen molar-refractivity contribution in [3.63, 3.8) is 0 Å². The van der Waals surface area contributed by atoms with Crippen LogP contribution in [0.25, 0.3) is 22.3 Å². The Labute approximate surface area is 220 Å². The smallest absolute Gasteiger partial charge is 0.367 e. The Balaban J connectivity index is 1.27. The highest BCUT2D eigenvalue weighted by atomic mass is 19.4. The molecular formula is C27H33F3N8. The van der Waals surface area contributed by atoms with E-state index in [1.165, 1.54) is 29.7 Å². The van der Waals surface area contributed by atoms with Gasteiger partial charge in [-0.3, -0.25) is 9.88 Å². The van der Waals surface area contributed by atoms with Crippen LogP contribution in [0.2, 0.25) is 0 Å². The monoisotopic (exact) mass is 526 g/mol. The molecule has 0 atom stereocenters. The van der Waals surface area contributed by atoms with Gasteiger partial charge in [0.05, 0.1) is 18.3 Å². The summed E-state index contributed by atoms with van der Waals surface area (Å²) in [6, 6.07) is 3.92. The van der Waals surface area contributed by atoms with E-state index >= 15 is 0 Å². The number of rotatable bonds is 6. The third-order valence-electron chi connectivity index (χ3n) is 7.94. The molecule has 0 amide bonds. The molecule has 0 bridgehead atoms. The molecule has 202 valence electrons. The number of hydrogen-bond donors (Lipinski definition) is 2. The summed E-state index contributed by atoms with van der Waals surface area (Å²) in [7, 11) is 0. The minimum absolute atomic E-state index is 0.0744. The van der Waals surface area contributed by atoms with E-state index in [2.05, 4.69) is 25.5 Å². The Morgan fingerprint density at radius 3 is 2.50 bits per heavy atom. The highest BCUT2D eigenvalue weighted by molar-refractivity contribution is 5.94. The number of nitrogens with zero attached hydrogens (tertiary/aromatic N) is 6.